The summed E-state index contributed by atoms with van der Waals surface area (Å²) in [7, 11) is 2.93. The summed E-state index contributed by atoms with van der Waals surface area (Å²) in [6, 6.07) is 23.7. The Kier molecular flexibility index (Phi) is 14.2. The highest BCUT2D eigenvalue weighted by Gasteiger charge is 2.29. The van der Waals surface area contributed by atoms with Gasteiger partial charge in [0.2, 0.25) is 11.8 Å². The van der Waals surface area contributed by atoms with E-state index in [2.05, 4.69) is 9.97 Å². The number of carboxylic acid groups (broad SMARTS) is 1. The van der Waals surface area contributed by atoms with E-state index in [0.29, 0.717) is 74.7 Å². The molecule has 0 saturated heterocycles. The molecule has 12 nitrogen and oxygen atoms in total. The van der Waals surface area contributed by atoms with Gasteiger partial charge in [-0.1, -0.05) is 0 Å². The molecule has 0 aliphatic heterocycles. The molecular formula is C50H44F4N4O8. The largest absolute Gasteiger partial charge is 0.494 e. The highest BCUT2D eigenvalue weighted by atomic mass is 19.1. The number of aromatic nitrogens is 4. The first kappa shape index (κ1) is 46.1. The van der Waals surface area contributed by atoms with Crippen LogP contribution in [0.5, 0.6) is 23.3 Å². The summed E-state index contributed by atoms with van der Waals surface area (Å²) in [4.78, 5) is 34.2. The van der Waals surface area contributed by atoms with Crippen molar-refractivity contribution < 1.29 is 55.9 Å². The lowest BCUT2D eigenvalue weighted by molar-refractivity contribution is 0.0515. The number of methoxy groups -OCH3 is 2. The van der Waals surface area contributed by atoms with Gasteiger partial charge in [0, 0.05) is 67.6 Å². The Morgan fingerprint density at radius 2 is 1.05 bits per heavy atom. The first-order valence-corrected chi connectivity index (χ1v) is 20.8. The number of rotatable bonds is 15. The van der Waals surface area contributed by atoms with E-state index in [1.165, 1.54) is 25.0 Å². The summed E-state index contributed by atoms with van der Waals surface area (Å²) < 4.78 is 87.4. The monoisotopic (exact) mass is 904 g/mol. The van der Waals surface area contributed by atoms with E-state index in [1.807, 2.05) is 19.9 Å². The van der Waals surface area contributed by atoms with E-state index in [1.54, 1.807) is 72.3 Å². The number of halogens is 4. The van der Waals surface area contributed by atoms with E-state index >= 15 is 0 Å². The fourth-order valence-electron chi connectivity index (χ4n) is 7.85. The number of aromatic carboxylic acids is 1. The predicted octanol–water partition coefficient (Wildman–Crippen LogP) is 10.7. The smallest absolute Gasteiger partial charge is 0.355 e. The molecule has 0 atom stereocenters. The van der Waals surface area contributed by atoms with Crippen molar-refractivity contribution in [2.45, 2.75) is 33.9 Å². The minimum absolute atomic E-state index is 0.0305. The molecule has 1 N–H and O–H groups in total. The fourth-order valence-corrected chi connectivity index (χ4v) is 7.85. The Labute approximate surface area is 376 Å². The molecule has 0 aliphatic carbocycles. The maximum absolute atomic E-state index is 14.6. The zero-order valence-electron chi connectivity index (χ0n) is 36.5. The lowest BCUT2D eigenvalue weighted by Crippen LogP contribution is -2.15. The first-order chi connectivity index (χ1) is 31.9. The molecule has 0 bridgehead atoms. The summed E-state index contributed by atoms with van der Waals surface area (Å²) in [5.41, 5.74) is 3.25. The molecule has 66 heavy (non-hydrogen) atoms. The van der Waals surface area contributed by atoms with E-state index in [9.17, 15) is 32.3 Å². The van der Waals surface area contributed by atoms with E-state index < -0.39 is 35.2 Å². The number of carbonyl (C=O) groups excluding carboxylic acids is 1. The second-order valence-corrected chi connectivity index (χ2v) is 14.5. The van der Waals surface area contributed by atoms with Gasteiger partial charge in [0.25, 0.3) is 0 Å². The number of hydrogen-bond donors (Lipinski definition) is 1. The van der Waals surface area contributed by atoms with Crippen molar-refractivity contribution in [3.8, 4) is 45.5 Å². The number of pyridine rings is 2. The van der Waals surface area contributed by atoms with Gasteiger partial charge in [-0.2, -0.15) is 0 Å². The molecule has 8 rings (SSSR count). The Balaban J connectivity index is 0.000000197. The van der Waals surface area contributed by atoms with Crippen LogP contribution in [0.25, 0.3) is 44.1 Å². The van der Waals surface area contributed by atoms with Crippen LogP contribution < -0.4 is 18.9 Å². The van der Waals surface area contributed by atoms with Crippen molar-refractivity contribution >= 4 is 33.7 Å². The van der Waals surface area contributed by atoms with Crippen LogP contribution in [0.1, 0.15) is 52.9 Å². The van der Waals surface area contributed by atoms with Crippen LogP contribution in [0.2, 0.25) is 0 Å². The number of nitrogens with zero attached hydrogens (tertiary/aromatic N) is 4. The van der Waals surface area contributed by atoms with Crippen LogP contribution in [0.3, 0.4) is 0 Å². The molecule has 0 saturated carbocycles. The van der Waals surface area contributed by atoms with Gasteiger partial charge in [0.15, 0.2) is 0 Å². The van der Waals surface area contributed by atoms with Crippen molar-refractivity contribution in [3.05, 3.63) is 155 Å². The zero-order chi connectivity index (χ0) is 47.1. The van der Waals surface area contributed by atoms with Crippen LogP contribution >= 0.6 is 0 Å². The van der Waals surface area contributed by atoms with E-state index in [-0.39, 0.29) is 48.1 Å². The average Bonchev–Trinajstić information content (AvgIpc) is 3.80. The highest BCUT2D eigenvalue weighted by Crippen LogP contribution is 2.43. The summed E-state index contributed by atoms with van der Waals surface area (Å²) in [6.07, 6.45) is 3.12. The lowest BCUT2D eigenvalue weighted by atomic mass is 10.0. The number of esters is 1. The number of hydrogen-bond acceptors (Lipinski definition) is 9. The summed E-state index contributed by atoms with van der Waals surface area (Å²) in [6.45, 7) is 6.17. The maximum Gasteiger partial charge on any atom is 0.355 e. The molecule has 4 aromatic heterocycles. The topological polar surface area (TPSA) is 136 Å². The normalized spacial score (nSPS) is 11.0. The summed E-state index contributed by atoms with van der Waals surface area (Å²) >= 11 is 0. The number of ether oxygens (including phenoxy) is 5. The van der Waals surface area contributed by atoms with Gasteiger partial charge in [0.1, 0.15) is 46.2 Å². The van der Waals surface area contributed by atoms with E-state index in [0.717, 1.165) is 36.4 Å². The fraction of sp³-hybridized carbons (Fsp3) is 0.200. The second kappa shape index (κ2) is 20.3. The molecule has 4 aromatic carbocycles. The first-order valence-electron chi connectivity index (χ1n) is 20.8. The third-order valence-corrected chi connectivity index (χ3v) is 10.5. The Hall–Kier alpha value is -7.88. The van der Waals surface area contributed by atoms with Gasteiger partial charge >= 0.3 is 11.9 Å². The predicted molar refractivity (Wildman–Crippen MR) is 240 cm³/mol. The summed E-state index contributed by atoms with van der Waals surface area (Å²) in [5, 5.41) is 11.4. The molecule has 0 aliphatic rings. The van der Waals surface area contributed by atoms with Gasteiger partial charge < -0.3 is 37.9 Å². The Bertz CT molecular complexity index is 3080. The summed E-state index contributed by atoms with van der Waals surface area (Å²) in [5.74, 6) is -2.51. The molecule has 8 aromatic rings. The SMILES string of the molecule is CCOC(=O)c1c(-c2cccnc2OC)c2cc(OCC)ccc2n1Cc1cc(F)ccc1F.CCOc1ccc2c(c1)c(-c1cccnc1OC)c(C(=O)O)n2Cc1cc(F)ccc1F. The third kappa shape index (κ3) is 9.34. The standard InChI is InChI=1S/C26H24F2N2O4.C24H20F2N2O4/c1-4-33-18-9-11-22-20(14-18)23(19-7-6-12-29-25(19)32-3)24(26(31)34-5-2)30(22)15-16-13-17(27)8-10-21(16)28;1-3-32-16-7-9-20-18(12-16)21(17-5-4-10-27-23(17)31-2)22(24(29)30)28(20)13-14-11-15(25)6-8-19(14)26/h6-14H,4-5,15H2,1-3H3;4-12H,3,13H2,1-2H3,(H,29,30). The molecular weight excluding hydrogens is 861 g/mol. The second-order valence-electron chi connectivity index (χ2n) is 14.5. The van der Waals surface area contributed by atoms with Crippen LogP contribution in [-0.2, 0) is 17.8 Å². The molecule has 340 valence electrons. The van der Waals surface area contributed by atoms with Crippen molar-refractivity contribution in [3.63, 3.8) is 0 Å². The molecule has 0 fully saturated rings. The number of carboxylic acids is 1. The molecule has 16 heteroatoms. The molecule has 0 amide bonds. The highest BCUT2D eigenvalue weighted by molar-refractivity contribution is 6.10. The minimum Gasteiger partial charge on any atom is -0.494 e. The van der Waals surface area contributed by atoms with Crippen LogP contribution in [0, 0.1) is 23.3 Å². The lowest BCUT2D eigenvalue weighted by Gasteiger charge is -2.13. The molecule has 0 spiro atoms. The van der Waals surface area contributed by atoms with Gasteiger partial charge in [-0.15, -0.1) is 0 Å². The van der Waals surface area contributed by atoms with Crippen molar-refractivity contribution in [1.82, 2.24) is 19.1 Å². The van der Waals surface area contributed by atoms with Gasteiger partial charge in [-0.25, -0.2) is 37.1 Å². The van der Waals surface area contributed by atoms with Gasteiger partial charge in [-0.05, 0) is 118 Å². The Morgan fingerprint density at radius 1 is 0.591 bits per heavy atom. The van der Waals surface area contributed by atoms with Gasteiger partial charge in [0.05, 0.1) is 47.1 Å². The van der Waals surface area contributed by atoms with Crippen molar-refractivity contribution in [2.75, 3.05) is 34.0 Å². The number of benzene rings is 4. The minimum atomic E-state index is -1.23. The number of fused-ring (bicyclic) bond motifs is 2. The third-order valence-electron chi connectivity index (χ3n) is 10.5. The van der Waals surface area contributed by atoms with Crippen molar-refractivity contribution in [1.29, 1.82) is 0 Å². The number of carbonyl (C=O) groups is 2. The molecule has 0 radical (unpaired) electrons. The van der Waals surface area contributed by atoms with Crippen LogP contribution in [0.15, 0.2) is 109 Å². The average molecular weight is 905 g/mol. The van der Waals surface area contributed by atoms with Crippen LogP contribution in [0.4, 0.5) is 17.6 Å². The quantitative estimate of drug-likeness (QED) is 0.0782. The van der Waals surface area contributed by atoms with Crippen molar-refractivity contribution in [2.24, 2.45) is 0 Å². The van der Waals surface area contributed by atoms with E-state index in [4.69, 9.17) is 23.7 Å². The Morgan fingerprint density at radius 3 is 1.47 bits per heavy atom. The maximum atomic E-state index is 14.6. The van der Waals surface area contributed by atoms with Crippen LogP contribution in [-0.4, -0.2) is 70.2 Å². The zero-order valence-corrected chi connectivity index (χ0v) is 36.5. The van der Waals surface area contributed by atoms with Gasteiger partial charge in [-0.3, -0.25) is 0 Å². The molecule has 0 unspecified atom stereocenters. The molecule has 4 heterocycles.